The van der Waals surface area contributed by atoms with Gasteiger partial charge in [-0.25, -0.2) is 9.37 Å². The first-order chi connectivity index (χ1) is 15.3. The SMILES string of the molecule is Fc1ccccc1COc1cccc2ccc(N3CCN(c4ccccc4)CC3)nc12. The number of piperazine rings is 1. The van der Waals surface area contributed by atoms with E-state index in [9.17, 15) is 4.39 Å². The number of pyridine rings is 1. The van der Waals surface area contributed by atoms with E-state index < -0.39 is 0 Å². The Morgan fingerprint density at radius 2 is 1.48 bits per heavy atom. The second kappa shape index (κ2) is 8.64. The topological polar surface area (TPSA) is 28.6 Å². The van der Waals surface area contributed by atoms with E-state index in [-0.39, 0.29) is 12.4 Å². The molecule has 1 fully saturated rings. The Morgan fingerprint density at radius 1 is 0.742 bits per heavy atom. The van der Waals surface area contributed by atoms with E-state index in [1.807, 2.05) is 30.3 Å². The summed E-state index contributed by atoms with van der Waals surface area (Å²) in [7, 11) is 0. The standard InChI is InChI=1S/C26H24FN3O/c27-23-11-5-4-7-21(23)19-31-24-12-6-8-20-13-14-25(28-26(20)24)30-17-15-29(16-18-30)22-9-2-1-3-10-22/h1-14H,15-19H2. The molecular weight excluding hydrogens is 389 g/mol. The third kappa shape index (κ3) is 4.17. The first kappa shape index (κ1) is 19.4. The lowest BCUT2D eigenvalue weighted by Gasteiger charge is -2.36. The van der Waals surface area contributed by atoms with E-state index >= 15 is 0 Å². The molecule has 0 atom stereocenters. The van der Waals surface area contributed by atoms with Crippen LogP contribution in [0, 0.1) is 5.82 Å². The van der Waals surface area contributed by atoms with Crippen LogP contribution in [0.15, 0.2) is 84.9 Å². The molecule has 0 saturated carbocycles. The van der Waals surface area contributed by atoms with Crippen LogP contribution >= 0.6 is 0 Å². The highest BCUT2D eigenvalue weighted by molar-refractivity contribution is 5.86. The molecule has 5 heteroatoms. The van der Waals surface area contributed by atoms with Crippen LogP contribution in [0.5, 0.6) is 5.75 Å². The molecule has 31 heavy (non-hydrogen) atoms. The molecule has 5 rings (SSSR count). The summed E-state index contributed by atoms with van der Waals surface area (Å²) in [5, 5.41) is 1.01. The zero-order chi connectivity index (χ0) is 21.0. The zero-order valence-electron chi connectivity index (χ0n) is 17.2. The van der Waals surface area contributed by atoms with Crippen molar-refractivity contribution in [2.75, 3.05) is 36.0 Å². The van der Waals surface area contributed by atoms with Crippen LogP contribution in [0.3, 0.4) is 0 Å². The number of hydrogen-bond donors (Lipinski definition) is 0. The number of hydrogen-bond acceptors (Lipinski definition) is 4. The van der Waals surface area contributed by atoms with Gasteiger partial charge < -0.3 is 14.5 Å². The highest BCUT2D eigenvalue weighted by Gasteiger charge is 2.19. The molecule has 0 bridgehead atoms. The van der Waals surface area contributed by atoms with E-state index in [0.29, 0.717) is 11.3 Å². The molecule has 1 aliphatic heterocycles. The molecule has 156 valence electrons. The van der Waals surface area contributed by atoms with Crippen molar-refractivity contribution in [3.63, 3.8) is 0 Å². The van der Waals surface area contributed by atoms with Gasteiger partial charge in [0.2, 0.25) is 0 Å². The van der Waals surface area contributed by atoms with Crippen molar-refractivity contribution in [2.24, 2.45) is 0 Å². The number of aromatic nitrogens is 1. The largest absolute Gasteiger partial charge is 0.487 e. The normalized spacial score (nSPS) is 14.1. The summed E-state index contributed by atoms with van der Waals surface area (Å²) in [6, 6.07) is 27.2. The molecule has 3 aromatic carbocycles. The summed E-state index contributed by atoms with van der Waals surface area (Å²) in [6.45, 7) is 3.90. The first-order valence-electron chi connectivity index (χ1n) is 10.6. The fraction of sp³-hybridized carbons (Fsp3) is 0.192. The second-order valence-electron chi connectivity index (χ2n) is 7.69. The Hall–Kier alpha value is -3.60. The average molecular weight is 413 g/mol. The highest BCUT2D eigenvalue weighted by atomic mass is 19.1. The van der Waals surface area contributed by atoms with E-state index in [1.54, 1.807) is 12.1 Å². The van der Waals surface area contributed by atoms with Gasteiger partial charge in [-0.15, -0.1) is 0 Å². The van der Waals surface area contributed by atoms with Gasteiger partial charge in [-0.05, 0) is 36.4 Å². The molecule has 1 aliphatic rings. The lowest BCUT2D eigenvalue weighted by Crippen LogP contribution is -2.46. The Balaban J connectivity index is 1.34. The van der Waals surface area contributed by atoms with E-state index in [4.69, 9.17) is 9.72 Å². The first-order valence-corrected chi connectivity index (χ1v) is 10.6. The maximum absolute atomic E-state index is 14.0. The molecule has 4 nitrogen and oxygen atoms in total. The van der Waals surface area contributed by atoms with Gasteiger partial charge in [-0.1, -0.05) is 48.5 Å². The summed E-state index contributed by atoms with van der Waals surface area (Å²) in [5.41, 5.74) is 2.60. The fourth-order valence-corrected chi connectivity index (χ4v) is 4.01. The van der Waals surface area contributed by atoms with Gasteiger partial charge in [0.05, 0.1) is 0 Å². The monoisotopic (exact) mass is 413 g/mol. The van der Waals surface area contributed by atoms with Crippen molar-refractivity contribution in [2.45, 2.75) is 6.61 Å². The minimum atomic E-state index is -0.257. The lowest BCUT2D eigenvalue weighted by atomic mass is 10.2. The van der Waals surface area contributed by atoms with Crippen LogP contribution in [0.2, 0.25) is 0 Å². The molecule has 1 saturated heterocycles. The summed E-state index contributed by atoms with van der Waals surface area (Å²) >= 11 is 0. The molecule has 1 aromatic heterocycles. The van der Waals surface area contributed by atoms with Crippen molar-refractivity contribution in [3.05, 3.63) is 96.3 Å². The molecule has 0 N–H and O–H groups in total. The number of para-hydroxylation sites is 2. The molecule has 0 unspecified atom stereocenters. The third-order valence-corrected chi connectivity index (χ3v) is 5.73. The molecule has 0 radical (unpaired) electrons. The Morgan fingerprint density at radius 3 is 2.29 bits per heavy atom. The minimum Gasteiger partial charge on any atom is -0.487 e. The maximum atomic E-state index is 14.0. The number of rotatable bonds is 5. The summed E-state index contributed by atoms with van der Waals surface area (Å²) < 4.78 is 19.9. The van der Waals surface area contributed by atoms with Crippen LogP contribution in [-0.2, 0) is 6.61 Å². The van der Waals surface area contributed by atoms with E-state index in [2.05, 4.69) is 46.2 Å². The Bertz CT molecular complexity index is 1170. The van der Waals surface area contributed by atoms with Gasteiger partial charge in [0.1, 0.15) is 29.5 Å². The van der Waals surface area contributed by atoms with Crippen LogP contribution in [0.4, 0.5) is 15.9 Å². The average Bonchev–Trinajstić information content (AvgIpc) is 2.84. The van der Waals surface area contributed by atoms with Gasteiger partial charge >= 0.3 is 0 Å². The number of nitrogens with zero attached hydrogens (tertiary/aromatic N) is 3. The second-order valence-corrected chi connectivity index (χ2v) is 7.69. The van der Waals surface area contributed by atoms with Crippen LogP contribution in [0.25, 0.3) is 10.9 Å². The summed E-state index contributed by atoms with van der Waals surface area (Å²) in [6.07, 6.45) is 0. The van der Waals surface area contributed by atoms with Crippen molar-refractivity contribution in [1.82, 2.24) is 4.98 Å². The van der Waals surface area contributed by atoms with Gasteiger partial charge in [-0.3, -0.25) is 0 Å². The number of ether oxygens (including phenoxy) is 1. The van der Waals surface area contributed by atoms with E-state index in [1.165, 1.54) is 11.8 Å². The van der Waals surface area contributed by atoms with Gasteiger partial charge in [0.25, 0.3) is 0 Å². The smallest absolute Gasteiger partial charge is 0.146 e. The predicted molar refractivity (Wildman–Crippen MR) is 123 cm³/mol. The van der Waals surface area contributed by atoms with E-state index in [0.717, 1.165) is 42.9 Å². The molecule has 0 aliphatic carbocycles. The van der Waals surface area contributed by atoms with Gasteiger partial charge in [0.15, 0.2) is 0 Å². The minimum absolute atomic E-state index is 0.174. The lowest BCUT2D eigenvalue weighted by molar-refractivity contribution is 0.303. The molecule has 4 aromatic rings. The van der Waals surface area contributed by atoms with Crippen molar-refractivity contribution in [3.8, 4) is 5.75 Å². The highest BCUT2D eigenvalue weighted by Crippen LogP contribution is 2.28. The Kier molecular flexibility index (Phi) is 5.40. The number of benzene rings is 3. The molecular formula is C26H24FN3O. The van der Waals surface area contributed by atoms with Crippen LogP contribution < -0.4 is 14.5 Å². The van der Waals surface area contributed by atoms with Crippen molar-refractivity contribution < 1.29 is 9.13 Å². The molecule has 0 amide bonds. The molecule has 0 spiro atoms. The van der Waals surface area contributed by atoms with Crippen LogP contribution in [0.1, 0.15) is 5.56 Å². The quantitative estimate of drug-likeness (QED) is 0.445. The summed E-state index contributed by atoms with van der Waals surface area (Å²) in [5.74, 6) is 1.36. The Labute approximate surface area is 181 Å². The third-order valence-electron chi connectivity index (χ3n) is 5.73. The zero-order valence-corrected chi connectivity index (χ0v) is 17.2. The van der Waals surface area contributed by atoms with Crippen molar-refractivity contribution >= 4 is 22.4 Å². The number of fused-ring (bicyclic) bond motifs is 1. The van der Waals surface area contributed by atoms with Gasteiger partial charge in [0, 0.05) is 42.8 Å². The fourth-order valence-electron chi connectivity index (χ4n) is 4.01. The number of anilines is 2. The van der Waals surface area contributed by atoms with Crippen LogP contribution in [-0.4, -0.2) is 31.2 Å². The molecule has 2 heterocycles. The summed E-state index contributed by atoms with van der Waals surface area (Å²) in [4.78, 5) is 9.64. The van der Waals surface area contributed by atoms with Crippen molar-refractivity contribution in [1.29, 1.82) is 0 Å². The predicted octanol–water partition coefficient (Wildman–Crippen LogP) is 5.28. The van der Waals surface area contributed by atoms with Gasteiger partial charge in [-0.2, -0.15) is 0 Å². The maximum Gasteiger partial charge on any atom is 0.146 e. The number of halogens is 1.